The number of amides is 1. The molecule has 1 rings (SSSR count). The number of carboxylic acids is 1. The number of carbonyl (C=O) groups is 2. The van der Waals surface area contributed by atoms with Gasteiger partial charge in [-0.05, 0) is 19.1 Å². The average Bonchev–Trinajstić information content (AvgIpc) is 2.27. The molecule has 0 bridgehead atoms. The highest BCUT2D eigenvalue weighted by Gasteiger charge is 2.11. The molecule has 0 aliphatic rings. The molecule has 0 spiro atoms. The van der Waals surface area contributed by atoms with E-state index in [-0.39, 0.29) is 0 Å². The average molecular weight is 235 g/mol. The molecule has 1 unspecified atom stereocenters. The summed E-state index contributed by atoms with van der Waals surface area (Å²) < 4.78 is 5.32. The van der Waals surface area contributed by atoms with Crippen LogP contribution in [0.3, 0.4) is 0 Å². The Hall–Kier alpha value is -2.30. The second-order valence-electron chi connectivity index (χ2n) is 3.37. The molecule has 90 valence electrons. The predicted molar refractivity (Wildman–Crippen MR) is 62.4 cm³/mol. The van der Waals surface area contributed by atoms with Gasteiger partial charge in [0.05, 0.1) is 0 Å². The largest absolute Gasteiger partial charge is 0.480 e. The Morgan fingerprint density at radius 2 is 2.06 bits per heavy atom. The van der Waals surface area contributed by atoms with Gasteiger partial charge in [-0.1, -0.05) is 18.2 Å². The Morgan fingerprint density at radius 1 is 1.41 bits per heavy atom. The molecule has 0 saturated heterocycles. The number of carbonyl (C=O) groups excluding carboxylic acids is 1. The summed E-state index contributed by atoms with van der Waals surface area (Å²) in [6.45, 7) is 1.53. The highest BCUT2D eigenvalue weighted by atomic mass is 16.5. The molecule has 0 radical (unpaired) electrons. The van der Waals surface area contributed by atoms with Crippen LogP contribution in [0.1, 0.15) is 12.5 Å². The quantitative estimate of drug-likeness (QED) is 0.746. The van der Waals surface area contributed by atoms with Gasteiger partial charge in [0.2, 0.25) is 0 Å². The molecule has 0 aliphatic heterocycles. The van der Waals surface area contributed by atoms with E-state index in [0.29, 0.717) is 11.3 Å². The molecule has 0 saturated carbocycles. The van der Waals surface area contributed by atoms with E-state index >= 15 is 0 Å². The SMILES string of the molecule is CC(Oc1ccccc1/C=C/C(=O)O)C(N)=O. The second-order valence-corrected chi connectivity index (χ2v) is 3.37. The van der Waals surface area contributed by atoms with Gasteiger partial charge >= 0.3 is 5.97 Å². The Balaban J connectivity index is 2.92. The van der Waals surface area contributed by atoms with Crippen molar-refractivity contribution in [1.29, 1.82) is 0 Å². The van der Waals surface area contributed by atoms with Gasteiger partial charge in [-0.15, -0.1) is 0 Å². The van der Waals surface area contributed by atoms with E-state index in [1.165, 1.54) is 13.0 Å². The molecule has 1 aromatic rings. The maximum atomic E-state index is 10.9. The third kappa shape index (κ3) is 3.98. The van der Waals surface area contributed by atoms with Crippen molar-refractivity contribution in [3.8, 4) is 5.75 Å². The Kier molecular flexibility index (Phi) is 4.28. The van der Waals surface area contributed by atoms with Crippen molar-refractivity contribution < 1.29 is 19.4 Å². The Labute approximate surface area is 98.5 Å². The number of primary amides is 1. The summed E-state index contributed by atoms with van der Waals surface area (Å²) >= 11 is 0. The standard InChI is InChI=1S/C12H13NO4/c1-8(12(13)16)17-10-5-3-2-4-9(10)6-7-11(14)15/h2-8H,1H3,(H2,13,16)(H,14,15)/b7-6+. The van der Waals surface area contributed by atoms with E-state index in [4.69, 9.17) is 15.6 Å². The van der Waals surface area contributed by atoms with Gasteiger partial charge in [0, 0.05) is 11.6 Å². The zero-order chi connectivity index (χ0) is 12.8. The van der Waals surface area contributed by atoms with Crippen molar-refractivity contribution in [2.75, 3.05) is 0 Å². The molecule has 0 fully saturated rings. The fourth-order valence-electron chi connectivity index (χ4n) is 1.14. The molecule has 1 amide bonds. The van der Waals surface area contributed by atoms with Crippen molar-refractivity contribution in [2.45, 2.75) is 13.0 Å². The summed E-state index contributed by atoms with van der Waals surface area (Å²) in [5.74, 6) is -1.22. The van der Waals surface area contributed by atoms with Crippen LogP contribution < -0.4 is 10.5 Å². The molecule has 1 aromatic carbocycles. The lowest BCUT2D eigenvalue weighted by atomic mass is 10.2. The molecular weight excluding hydrogens is 222 g/mol. The summed E-state index contributed by atoms with van der Waals surface area (Å²) in [5, 5.41) is 8.53. The number of nitrogens with two attached hydrogens (primary N) is 1. The topological polar surface area (TPSA) is 89.6 Å². The minimum Gasteiger partial charge on any atom is -0.480 e. The Bertz CT molecular complexity index is 454. The number of hydrogen-bond acceptors (Lipinski definition) is 3. The molecule has 17 heavy (non-hydrogen) atoms. The van der Waals surface area contributed by atoms with Gasteiger partial charge < -0.3 is 15.6 Å². The summed E-state index contributed by atoms with van der Waals surface area (Å²) in [6, 6.07) is 6.79. The van der Waals surface area contributed by atoms with Crippen molar-refractivity contribution >= 4 is 18.0 Å². The summed E-state index contributed by atoms with van der Waals surface area (Å²) in [4.78, 5) is 21.3. The molecule has 0 aromatic heterocycles. The molecular formula is C12H13NO4. The maximum Gasteiger partial charge on any atom is 0.328 e. The van der Waals surface area contributed by atoms with E-state index in [1.54, 1.807) is 24.3 Å². The number of rotatable bonds is 5. The first kappa shape index (κ1) is 12.8. The van der Waals surface area contributed by atoms with Crippen LogP contribution in [0.25, 0.3) is 6.08 Å². The zero-order valence-corrected chi connectivity index (χ0v) is 9.29. The highest BCUT2D eigenvalue weighted by molar-refractivity contribution is 5.86. The lowest BCUT2D eigenvalue weighted by molar-refractivity contribution is -0.131. The van der Waals surface area contributed by atoms with E-state index in [1.807, 2.05) is 0 Å². The first-order valence-corrected chi connectivity index (χ1v) is 4.96. The van der Waals surface area contributed by atoms with Gasteiger partial charge in [-0.2, -0.15) is 0 Å². The Morgan fingerprint density at radius 3 is 2.65 bits per heavy atom. The fraction of sp³-hybridized carbons (Fsp3) is 0.167. The van der Waals surface area contributed by atoms with Gasteiger partial charge in [0.15, 0.2) is 6.10 Å². The summed E-state index contributed by atoms with van der Waals surface area (Å²) in [7, 11) is 0. The van der Waals surface area contributed by atoms with Crippen molar-refractivity contribution in [3.05, 3.63) is 35.9 Å². The van der Waals surface area contributed by atoms with Crippen molar-refractivity contribution in [2.24, 2.45) is 5.73 Å². The maximum absolute atomic E-state index is 10.9. The van der Waals surface area contributed by atoms with Gasteiger partial charge in [0.25, 0.3) is 5.91 Å². The number of para-hydroxylation sites is 1. The third-order valence-electron chi connectivity index (χ3n) is 2.03. The second kappa shape index (κ2) is 5.69. The normalized spacial score (nSPS) is 12.3. The lowest BCUT2D eigenvalue weighted by Gasteiger charge is -2.13. The zero-order valence-electron chi connectivity index (χ0n) is 9.29. The van der Waals surface area contributed by atoms with E-state index in [0.717, 1.165) is 6.08 Å². The van der Waals surface area contributed by atoms with Crippen LogP contribution in [0.4, 0.5) is 0 Å². The third-order valence-corrected chi connectivity index (χ3v) is 2.03. The van der Waals surface area contributed by atoms with Crippen LogP contribution in [-0.4, -0.2) is 23.1 Å². The number of ether oxygens (including phenoxy) is 1. The molecule has 3 N–H and O–H groups in total. The van der Waals surface area contributed by atoms with Crippen LogP contribution >= 0.6 is 0 Å². The minimum atomic E-state index is -1.05. The fourth-order valence-corrected chi connectivity index (χ4v) is 1.14. The van der Waals surface area contributed by atoms with Crippen molar-refractivity contribution in [1.82, 2.24) is 0 Å². The monoisotopic (exact) mass is 235 g/mol. The first-order chi connectivity index (χ1) is 8.00. The number of aliphatic carboxylic acids is 1. The highest BCUT2D eigenvalue weighted by Crippen LogP contribution is 2.20. The van der Waals surface area contributed by atoms with Crippen LogP contribution in [0.5, 0.6) is 5.75 Å². The summed E-state index contributed by atoms with van der Waals surface area (Å²) in [5.41, 5.74) is 5.65. The van der Waals surface area contributed by atoms with Gasteiger partial charge in [-0.25, -0.2) is 4.79 Å². The van der Waals surface area contributed by atoms with Gasteiger partial charge in [0.1, 0.15) is 5.75 Å². The van der Waals surface area contributed by atoms with E-state index in [2.05, 4.69) is 0 Å². The number of benzene rings is 1. The van der Waals surface area contributed by atoms with E-state index in [9.17, 15) is 9.59 Å². The minimum absolute atomic E-state index is 0.413. The van der Waals surface area contributed by atoms with Crippen LogP contribution in [0.2, 0.25) is 0 Å². The lowest BCUT2D eigenvalue weighted by Crippen LogP contribution is -2.30. The molecule has 1 atom stereocenters. The summed E-state index contributed by atoms with van der Waals surface area (Å²) in [6.07, 6.45) is 1.62. The van der Waals surface area contributed by atoms with Crippen LogP contribution in [0, 0.1) is 0 Å². The smallest absolute Gasteiger partial charge is 0.328 e. The molecule has 0 aliphatic carbocycles. The predicted octanol–water partition coefficient (Wildman–Crippen LogP) is 1.04. The van der Waals surface area contributed by atoms with Crippen LogP contribution in [-0.2, 0) is 9.59 Å². The number of carboxylic acid groups (broad SMARTS) is 1. The molecule has 5 heteroatoms. The van der Waals surface area contributed by atoms with Crippen molar-refractivity contribution in [3.63, 3.8) is 0 Å². The molecule has 0 heterocycles. The number of hydrogen-bond donors (Lipinski definition) is 2. The van der Waals surface area contributed by atoms with E-state index < -0.39 is 18.0 Å². The first-order valence-electron chi connectivity index (χ1n) is 4.96. The van der Waals surface area contributed by atoms with Crippen LogP contribution in [0.15, 0.2) is 30.3 Å². The van der Waals surface area contributed by atoms with Gasteiger partial charge in [-0.3, -0.25) is 4.79 Å². The molecule has 5 nitrogen and oxygen atoms in total.